The fourth-order valence-electron chi connectivity index (χ4n) is 3.61. The van der Waals surface area contributed by atoms with E-state index in [2.05, 4.69) is 6.07 Å². The number of hydrogen-bond donors (Lipinski definition) is 1. The molecule has 0 aromatic heterocycles. The summed E-state index contributed by atoms with van der Waals surface area (Å²) in [5.74, 6) is 0.132. The Labute approximate surface area is 137 Å². The van der Waals surface area contributed by atoms with Crippen molar-refractivity contribution in [2.75, 3.05) is 37.7 Å². The van der Waals surface area contributed by atoms with Gasteiger partial charge < -0.3 is 14.5 Å². The molecule has 1 saturated heterocycles. The van der Waals surface area contributed by atoms with E-state index >= 15 is 0 Å². The minimum absolute atomic E-state index is 0.0151. The molecule has 124 valence electrons. The molecule has 3 rings (SSSR count). The molecule has 2 aliphatic heterocycles. The first kappa shape index (κ1) is 16.0. The molecule has 0 spiro atoms. The lowest BCUT2D eigenvalue weighted by Gasteiger charge is -2.29. The molecule has 1 amide bonds. The Morgan fingerprint density at radius 2 is 2.00 bits per heavy atom. The van der Waals surface area contributed by atoms with Gasteiger partial charge in [-0.05, 0) is 25.0 Å². The van der Waals surface area contributed by atoms with Crippen molar-refractivity contribution in [3.05, 3.63) is 29.8 Å². The number of esters is 1. The van der Waals surface area contributed by atoms with Crippen LogP contribution in [0, 0.1) is 5.92 Å². The SMILES string of the molecule is CCOC(=O)C1CC[NH+](CC(=O)N2CCc3ccccc32)CC1. The third kappa shape index (κ3) is 3.55. The van der Waals surface area contributed by atoms with Crippen LogP contribution in [-0.2, 0) is 20.7 Å². The summed E-state index contributed by atoms with van der Waals surface area (Å²) in [6.07, 6.45) is 2.58. The van der Waals surface area contributed by atoms with Crippen molar-refractivity contribution in [1.82, 2.24) is 0 Å². The summed E-state index contributed by atoms with van der Waals surface area (Å²) in [5, 5.41) is 0. The fourth-order valence-corrected chi connectivity index (χ4v) is 3.61. The van der Waals surface area contributed by atoms with Gasteiger partial charge in [0.2, 0.25) is 0 Å². The number of fused-ring (bicyclic) bond motifs is 1. The number of likely N-dealkylation sites (tertiary alicyclic amines) is 1. The van der Waals surface area contributed by atoms with E-state index in [4.69, 9.17) is 4.74 Å². The van der Waals surface area contributed by atoms with E-state index in [9.17, 15) is 9.59 Å². The summed E-state index contributed by atoms with van der Waals surface area (Å²) in [7, 11) is 0. The second-order valence-corrected chi connectivity index (χ2v) is 6.38. The van der Waals surface area contributed by atoms with Crippen LogP contribution in [-0.4, -0.2) is 44.7 Å². The van der Waals surface area contributed by atoms with Crippen LogP contribution in [0.5, 0.6) is 0 Å². The van der Waals surface area contributed by atoms with Gasteiger partial charge in [-0.2, -0.15) is 0 Å². The van der Waals surface area contributed by atoms with Crippen LogP contribution >= 0.6 is 0 Å². The minimum Gasteiger partial charge on any atom is -0.466 e. The number of para-hydroxylation sites is 1. The van der Waals surface area contributed by atoms with Gasteiger partial charge in [-0.15, -0.1) is 0 Å². The smallest absolute Gasteiger partial charge is 0.309 e. The predicted molar refractivity (Wildman–Crippen MR) is 87.4 cm³/mol. The Kier molecular flexibility index (Phi) is 4.96. The lowest BCUT2D eigenvalue weighted by molar-refractivity contribution is -0.897. The second-order valence-electron chi connectivity index (χ2n) is 6.38. The third-order valence-corrected chi connectivity index (χ3v) is 4.90. The molecule has 0 unspecified atom stereocenters. The van der Waals surface area contributed by atoms with E-state index in [0.29, 0.717) is 13.2 Å². The van der Waals surface area contributed by atoms with Crippen LogP contribution in [0.3, 0.4) is 0 Å². The number of benzene rings is 1. The van der Waals surface area contributed by atoms with E-state index in [1.54, 1.807) is 0 Å². The number of rotatable bonds is 4. The fraction of sp³-hybridized carbons (Fsp3) is 0.556. The van der Waals surface area contributed by atoms with Gasteiger partial charge >= 0.3 is 5.97 Å². The van der Waals surface area contributed by atoms with Crippen LogP contribution < -0.4 is 9.80 Å². The number of nitrogens with one attached hydrogen (secondary N) is 1. The van der Waals surface area contributed by atoms with Crippen LogP contribution in [0.15, 0.2) is 24.3 Å². The molecular weight excluding hydrogens is 292 g/mol. The Bertz CT molecular complexity index is 579. The molecule has 1 fully saturated rings. The summed E-state index contributed by atoms with van der Waals surface area (Å²) in [6, 6.07) is 8.14. The van der Waals surface area contributed by atoms with Crippen molar-refractivity contribution in [2.24, 2.45) is 5.92 Å². The lowest BCUT2D eigenvalue weighted by atomic mass is 9.97. The van der Waals surface area contributed by atoms with E-state index in [1.165, 1.54) is 10.5 Å². The molecule has 0 saturated carbocycles. The van der Waals surface area contributed by atoms with Gasteiger partial charge in [0.05, 0.1) is 25.6 Å². The topological polar surface area (TPSA) is 51.1 Å². The largest absolute Gasteiger partial charge is 0.466 e. The number of anilines is 1. The first-order chi connectivity index (χ1) is 11.2. The molecule has 0 aliphatic carbocycles. The van der Waals surface area contributed by atoms with Crippen molar-refractivity contribution in [3.8, 4) is 0 Å². The maximum atomic E-state index is 12.6. The van der Waals surface area contributed by atoms with E-state index in [0.717, 1.165) is 44.6 Å². The lowest BCUT2D eigenvalue weighted by Crippen LogP contribution is -3.14. The summed E-state index contributed by atoms with van der Waals surface area (Å²) in [6.45, 7) is 5.32. The molecular formula is C18H25N2O3+. The Morgan fingerprint density at radius 3 is 2.74 bits per heavy atom. The molecule has 0 atom stereocenters. The summed E-state index contributed by atoms with van der Waals surface area (Å²) in [4.78, 5) is 27.6. The van der Waals surface area contributed by atoms with Gasteiger partial charge in [0.1, 0.15) is 0 Å². The van der Waals surface area contributed by atoms with Crippen LogP contribution in [0.1, 0.15) is 25.3 Å². The van der Waals surface area contributed by atoms with Gasteiger partial charge in [-0.25, -0.2) is 0 Å². The van der Waals surface area contributed by atoms with Crippen LogP contribution in [0.2, 0.25) is 0 Å². The van der Waals surface area contributed by atoms with Crippen molar-refractivity contribution >= 4 is 17.6 Å². The molecule has 1 aromatic rings. The van der Waals surface area contributed by atoms with E-state index in [1.807, 2.05) is 30.0 Å². The van der Waals surface area contributed by atoms with Crippen molar-refractivity contribution in [3.63, 3.8) is 0 Å². The normalized spacial score (nSPS) is 23.4. The summed E-state index contributed by atoms with van der Waals surface area (Å²) < 4.78 is 5.09. The second kappa shape index (κ2) is 7.13. The summed E-state index contributed by atoms with van der Waals surface area (Å²) >= 11 is 0. The van der Waals surface area contributed by atoms with E-state index in [-0.39, 0.29) is 17.8 Å². The van der Waals surface area contributed by atoms with Gasteiger partial charge in [-0.1, -0.05) is 18.2 Å². The minimum atomic E-state index is -0.0775. The maximum absolute atomic E-state index is 12.6. The summed E-state index contributed by atoms with van der Waals surface area (Å²) in [5.41, 5.74) is 2.33. The van der Waals surface area contributed by atoms with Crippen molar-refractivity contribution in [2.45, 2.75) is 26.2 Å². The molecule has 5 heteroatoms. The molecule has 0 bridgehead atoms. The Hall–Kier alpha value is -1.88. The van der Waals surface area contributed by atoms with Gasteiger partial charge in [0, 0.05) is 25.1 Å². The number of nitrogens with zero attached hydrogens (tertiary/aromatic N) is 1. The first-order valence-electron chi connectivity index (χ1n) is 8.57. The highest BCUT2D eigenvalue weighted by molar-refractivity contribution is 5.96. The highest BCUT2D eigenvalue weighted by Gasteiger charge is 2.32. The number of carbonyl (C=O) groups is 2. The number of piperidine rings is 1. The molecule has 1 aromatic carbocycles. The molecule has 1 N–H and O–H groups in total. The first-order valence-corrected chi connectivity index (χ1v) is 8.57. The number of quaternary nitrogens is 1. The van der Waals surface area contributed by atoms with Crippen LogP contribution in [0.25, 0.3) is 0 Å². The molecule has 0 radical (unpaired) electrons. The van der Waals surface area contributed by atoms with Gasteiger partial charge in [0.25, 0.3) is 5.91 Å². The number of carbonyl (C=O) groups excluding carboxylic acids is 2. The monoisotopic (exact) mass is 317 g/mol. The van der Waals surface area contributed by atoms with Gasteiger partial charge in [0.15, 0.2) is 6.54 Å². The van der Waals surface area contributed by atoms with Crippen LogP contribution in [0.4, 0.5) is 5.69 Å². The quantitative estimate of drug-likeness (QED) is 0.820. The van der Waals surface area contributed by atoms with Crippen molar-refractivity contribution in [1.29, 1.82) is 0 Å². The molecule has 2 heterocycles. The maximum Gasteiger partial charge on any atom is 0.309 e. The Balaban J connectivity index is 1.52. The van der Waals surface area contributed by atoms with Gasteiger partial charge in [-0.3, -0.25) is 9.59 Å². The number of ether oxygens (including phenoxy) is 1. The average molecular weight is 317 g/mol. The average Bonchev–Trinajstić information content (AvgIpc) is 3.00. The predicted octanol–water partition coefficient (Wildman–Crippen LogP) is 0.434. The highest BCUT2D eigenvalue weighted by atomic mass is 16.5. The highest BCUT2D eigenvalue weighted by Crippen LogP contribution is 2.27. The number of amides is 1. The molecule has 2 aliphatic rings. The Morgan fingerprint density at radius 1 is 1.26 bits per heavy atom. The zero-order valence-corrected chi connectivity index (χ0v) is 13.7. The molecule has 23 heavy (non-hydrogen) atoms. The van der Waals surface area contributed by atoms with Crippen molar-refractivity contribution < 1.29 is 19.2 Å². The zero-order chi connectivity index (χ0) is 16.2. The zero-order valence-electron chi connectivity index (χ0n) is 13.7. The third-order valence-electron chi connectivity index (χ3n) is 4.90. The van der Waals surface area contributed by atoms with E-state index < -0.39 is 0 Å². The molecule has 5 nitrogen and oxygen atoms in total. The number of hydrogen-bond acceptors (Lipinski definition) is 3. The standard InChI is InChI=1S/C18H24N2O3/c1-2-23-18(22)15-7-10-19(11-8-15)13-17(21)20-12-9-14-5-3-4-6-16(14)20/h3-6,15H,2,7-13H2,1H3/p+1.